The SMILES string of the molecule is CC1(C)[C@H](NC(=O)/C(=N\O[C@@H](COc2ccc(C(N)=N[C@H]3CCCNC3)cc2)C(=O)O)c2nc(N)sc2C(F)(F)F)C(=O)N1OS(=O)(=O)O. The summed E-state index contributed by atoms with van der Waals surface area (Å²) in [5, 5.41) is 17.9. The van der Waals surface area contributed by atoms with Gasteiger partial charge in [-0.2, -0.15) is 26.7 Å². The van der Waals surface area contributed by atoms with Gasteiger partial charge in [-0.1, -0.05) is 16.5 Å². The lowest BCUT2D eigenvalue weighted by molar-refractivity contribution is -0.218. The normalized spacial score (nSPS) is 20.7. The zero-order valence-electron chi connectivity index (χ0n) is 25.6. The summed E-state index contributed by atoms with van der Waals surface area (Å²) in [7, 11) is -5.16. The molecule has 8 N–H and O–H groups in total. The number of piperidine rings is 1. The topological polar surface area (TPSA) is 270 Å². The maximum atomic E-state index is 13.8. The molecule has 2 aliphatic heterocycles. The van der Waals surface area contributed by atoms with Crippen LogP contribution in [-0.4, -0.2) is 101 Å². The number of nitrogen functional groups attached to an aromatic ring is 1. The minimum Gasteiger partial charge on any atom is -0.489 e. The molecule has 2 amide bonds. The molecule has 0 spiro atoms. The highest BCUT2D eigenvalue weighted by Gasteiger charge is 2.58. The van der Waals surface area contributed by atoms with E-state index in [1.807, 2.05) is 0 Å². The third-order valence-corrected chi connectivity index (χ3v) is 8.42. The number of amides is 2. The molecule has 2 fully saturated rings. The van der Waals surface area contributed by atoms with Crippen LogP contribution in [0.2, 0.25) is 0 Å². The molecule has 0 aliphatic carbocycles. The fourth-order valence-electron chi connectivity index (χ4n) is 4.67. The summed E-state index contributed by atoms with van der Waals surface area (Å²) in [6.45, 7) is 3.24. The molecule has 2 aromatic rings. The van der Waals surface area contributed by atoms with Crippen molar-refractivity contribution in [3.63, 3.8) is 0 Å². The van der Waals surface area contributed by atoms with Crippen molar-refractivity contribution in [1.29, 1.82) is 0 Å². The number of oxime groups is 1. The predicted molar refractivity (Wildman–Crippen MR) is 165 cm³/mol. The molecule has 0 saturated carbocycles. The largest absolute Gasteiger partial charge is 0.489 e. The maximum Gasteiger partial charge on any atom is 0.427 e. The van der Waals surface area contributed by atoms with Crippen molar-refractivity contribution in [1.82, 2.24) is 20.7 Å². The van der Waals surface area contributed by atoms with Gasteiger partial charge in [-0.25, -0.2) is 9.78 Å². The number of carboxylic acid groups (broad SMARTS) is 1. The lowest BCUT2D eigenvalue weighted by atomic mass is 9.84. The highest BCUT2D eigenvalue weighted by molar-refractivity contribution is 7.80. The number of aliphatic carboxylic acids is 1. The van der Waals surface area contributed by atoms with Crippen LogP contribution < -0.4 is 26.8 Å². The highest BCUT2D eigenvalue weighted by Crippen LogP contribution is 2.38. The lowest BCUT2D eigenvalue weighted by Gasteiger charge is -2.50. The number of nitrogens with two attached hydrogens (primary N) is 2. The van der Waals surface area contributed by atoms with E-state index in [1.165, 1.54) is 26.0 Å². The Balaban J connectivity index is 1.53. The molecule has 0 unspecified atom stereocenters. The number of β-lactam (4-membered cyclic amide) rings is 1. The Labute approximate surface area is 280 Å². The molecule has 18 nitrogen and oxygen atoms in total. The Morgan fingerprint density at radius 2 is 1.96 bits per heavy atom. The standard InChI is InChI=1S/C26H31F3N8O10S2/c1-25(2)18(22(39)37(25)47-49(42,43)44)35-21(38)17(16-19(26(27,28)29)48-24(31)34-16)36-46-15(23(40)41)11-45-14-7-5-12(6-8-14)20(30)33-13-4-3-9-32-10-13/h5-8,13,15,18,32H,3-4,9-11H2,1-2H3,(H2,30,33)(H2,31,34)(H,35,38)(H,40,41)(H,42,43,44)/b36-17-/t13-,15-,18+/m0/s1. The number of aromatic nitrogens is 1. The van der Waals surface area contributed by atoms with Gasteiger partial charge in [-0.15, -0.1) is 4.28 Å². The number of nitrogens with one attached hydrogen (secondary N) is 2. The van der Waals surface area contributed by atoms with Gasteiger partial charge in [-0.3, -0.25) is 19.1 Å². The smallest absolute Gasteiger partial charge is 0.427 e. The van der Waals surface area contributed by atoms with Crippen LogP contribution >= 0.6 is 11.3 Å². The molecule has 3 heterocycles. The van der Waals surface area contributed by atoms with Crippen molar-refractivity contribution in [2.24, 2.45) is 15.9 Å². The average Bonchev–Trinajstić information content (AvgIpc) is 3.42. The van der Waals surface area contributed by atoms with E-state index in [2.05, 4.69) is 30.0 Å². The number of benzene rings is 1. The number of halogens is 3. The summed E-state index contributed by atoms with van der Waals surface area (Å²) in [5.74, 6) is -3.97. The number of amidine groups is 1. The minimum atomic E-state index is -5.16. The molecule has 1 aromatic carbocycles. The Kier molecular flexibility index (Phi) is 11.0. The number of carbonyl (C=O) groups excluding carboxylic acids is 2. The van der Waals surface area contributed by atoms with Crippen LogP contribution in [0.15, 0.2) is 34.4 Å². The first-order valence-electron chi connectivity index (χ1n) is 14.2. The highest BCUT2D eigenvalue weighted by atomic mass is 32.3. The quantitative estimate of drug-likeness (QED) is 0.0531. The van der Waals surface area contributed by atoms with Gasteiger partial charge in [-0.05, 0) is 57.5 Å². The van der Waals surface area contributed by atoms with Crippen molar-refractivity contribution < 1.29 is 59.5 Å². The maximum absolute atomic E-state index is 13.8. The Morgan fingerprint density at radius 3 is 2.51 bits per heavy atom. The van der Waals surface area contributed by atoms with Gasteiger partial charge < -0.3 is 36.8 Å². The van der Waals surface area contributed by atoms with Crippen LogP contribution in [0, 0.1) is 0 Å². The van der Waals surface area contributed by atoms with Crippen LogP contribution in [0.1, 0.15) is 42.8 Å². The van der Waals surface area contributed by atoms with Crippen molar-refractivity contribution in [3.8, 4) is 5.75 Å². The molecule has 3 atom stereocenters. The molecule has 2 saturated heterocycles. The first-order valence-corrected chi connectivity index (χ1v) is 16.4. The number of anilines is 1. The molecule has 4 rings (SSSR count). The van der Waals surface area contributed by atoms with Crippen molar-refractivity contribution in [2.45, 2.75) is 56.6 Å². The lowest BCUT2D eigenvalue weighted by Crippen LogP contribution is -2.76. The number of alkyl halides is 3. The van der Waals surface area contributed by atoms with Crippen LogP contribution in [0.3, 0.4) is 0 Å². The number of carboxylic acids is 1. The monoisotopic (exact) mass is 736 g/mol. The number of hydrogen-bond acceptors (Lipinski definition) is 14. The Hall–Kier alpha value is -4.58. The number of hydroxylamine groups is 2. The molecule has 268 valence electrons. The number of hydrogen-bond donors (Lipinski definition) is 6. The third-order valence-electron chi connectivity index (χ3n) is 7.15. The van der Waals surface area contributed by atoms with Crippen LogP contribution in [0.5, 0.6) is 5.75 Å². The summed E-state index contributed by atoms with van der Waals surface area (Å²) in [5.41, 5.74) is 8.12. The number of thiazole rings is 1. The Morgan fingerprint density at radius 1 is 1.29 bits per heavy atom. The minimum absolute atomic E-state index is 0.0214. The zero-order chi connectivity index (χ0) is 36.3. The predicted octanol–water partition coefficient (Wildman–Crippen LogP) is 0.294. The second-order valence-electron chi connectivity index (χ2n) is 11.1. The fraction of sp³-hybridized carbons (Fsp3) is 0.462. The van der Waals surface area contributed by atoms with Crippen LogP contribution in [-0.2, 0) is 40.1 Å². The second kappa shape index (κ2) is 14.5. The summed E-state index contributed by atoms with van der Waals surface area (Å²) >= 11 is -0.0524. The van der Waals surface area contributed by atoms with Gasteiger partial charge in [0, 0.05) is 12.1 Å². The Bertz CT molecular complexity index is 1740. The summed E-state index contributed by atoms with van der Waals surface area (Å²) in [6, 6.07) is 4.50. The molecule has 0 radical (unpaired) electrons. The van der Waals surface area contributed by atoms with Gasteiger partial charge in [0.05, 0.1) is 11.6 Å². The molecule has 0 bridgehead atoms. The van der Waals surface area contributed by atoms with E-state index in [-0.39, 0.29) is 28.2 Å². The second-order valence-corrected chi connectivity index (χ2v) is 13.2. The van der Waals surface area contributed by atoms with E-state index >= 15 is 0 Å². The molecule has 2 aliphatic rings. The number of ether oxygens (including phenoxy) is 1. The molecule has 23 heteroatoms. The molecular formula is C26H31F3N8O10S2. The van der Waals surface area contributed by atoms with Crippen molar-refractivity contribution >= 4 is 56.2 Å². The van der Waals surface area contributed by atoms with Crippen LogP contribution in [0.25, 0.3) is 0 Å². The van der Waals surface area contributed by atoms with E-state index in [0.29, 0.717) is 17.9 Å². The summed E-state index contributed by atoms with van der Waals surface area (Å²) in [6.07, 6.45) is -5.25. The van der Waals surface area contributed by atoms with E-state index < -0.39 is 80.1 Å². The van der Waals surface area contributed by atoms with E-state index in [1.54, 1.807) is 12.1 Å². The van der Waals surface area contributed by atoms with Gasteiger partial charge in [0.25, 0.3) is 17.9 Å². The van der Waals surface area contributed by atoms with Crippen LogP contribution in [0.4, 0.5) is 18.3 Å². The molecule has 1 aromatic heterocycles. The number of nitrogens with zero attached hydrogens (tertiary/aromatic N) is 4. The van der Waals surface area contributed by atoms with Gasteiger partial charge in [0.2, 0.25) is 0 Å². The van der Waals surface area contributed by atoms with Crippen molar-refractivity contribution in [2.75, 3.05) is 25.4 Å². The van der Waals surface area contributed by atoms with E-state index in [9.17, 15) is 41.1 Å². The van der Waals surface area contributed by atoms with Gasteiger partial charge in [0.1, 0.15) is 34.8 Å². The van der Waals surface area contributed by atoms with Gasteiger partial charge in [0.15, 0.2) is 10.8 Å². The third kappa shape index (κ3) is 9.11. The molecular weight excluding hydrogens is 705 g/mol. The summed E-state index contributed by atoms with van der Waals surface area (Å²) < 4.78 is 82.3. The average molecular weight is 737 g/mol. The van der Waals surface area contributed by atoms with Crippen molar-refractivity contribution in [3.05, 3.63) is 40.4 Å². The number of carbonyl (C=O) groups is 3. The van der Waals surface area contributed by atoms with Gasteiger partial charge >= 0.3 is 22.5 Å². The van der Waals surface area contributed by atoms with E-state index in [4.69, 9.17) is 25.6 Å². The number of aliphatic imine (C=N–C) groups is 1. The number of rotatable bonds is 13. The first-order chi connectivity index (χ1) is 22.8. The molecule has 49 heavy (non-hydrogen) atoms. The van der Waals surface area contributed by atoms with E-state index in [0.717, 1.165) is 19.4 Å². The fourth-order valence-corrected chi connectivity index (χ4v) is 5.83. The zero-order valence-corrected chi connectivity index (χ0v) is 27.3. The summed E-state index contributed by atoms with van der Waals surface area (Å²) in [4.78, 5) is 49.2. The first kappa shape index (κ1) is 37.2.